The van der Waals surface area contributed by atoms with E-state index in [4.69, 9.17) is 9.84 Å². The quantitative estimate of drug-likeness (QED) is 0.207. The van der Waals surface area contributed by atoms with Gasteiger partial charge in [-0.2, -0.15) is 0 Å². The number of nitrogens with one attached hydrogen (secondary N) is 2. The molecule has 5 rings (SSSR count). The highest BCUT2D eigenvalue weighted by Crippen LogP contribution is 2.31. The van der Waals surface area contributed by atoms with E-state index in [-0.39, 0.29) is 25.3 Å². The number of halogens is 2. The molecule has 11 heteroatoms. The van der Waals surface area contributed by atoms with Crippen molar-refractivity contribution in [3.8, 4) is 16.9 Å². The van der Waals surface area contributed by atoms with Gasteiger partial charge in [0.2, 0.25) is 0 Å². The van der Waals surface area contributed by atoms with Crippen LogP contribution in [0.4, 0.5) is 8.78 Å². The lowest BCUT2D eigenvalue weighted by Crippen LogP contribution is -2.32. The zero-order valence-corrected chi connectivity index (χ0v) is 21.7. The van der Waals surface area contributed by atoms with E-state index in [9.17, 15) is 23.5 Å². The molecule has 210 valence electrons. The molecule has 0 spiro atoms. The van der Waals surface area contributed by atoms with Crippen molar-refractivity contribution in [3.05, 3.63) is 118 Å². The summed E-state index contributed by atoms with van der Waals surface area (Å²) in [6.07, 6.45) is 3.88. The average Bonchev–Trinajstić information content (AvgIpc) is 3.42. The van der Waals surface area contributed by atoms with Crippen LogP contribution in [0.15, 0.2) is 84.0 Å². The van der Waals surface area contributed by atoms with Gasteiger partial charge in [0, 0.05) is 36.1 Å². The molecule has 3 aromatic heterocycles. The summed E-state index contributed by atoms with van der Waals surface area (Å²) in [5.74, 6) is -2.22. The number of benzene rings is 2. The summed E-state index contributed by atoms with van der Waals surface area (Å²) in [7, 11) is 0. The molecule has 1 atom stereocenters. The third-order valence-corrected chi connectivity index (χ3v) is 6.44. The van der Waals surface area contributed by atoms with Gasteiger partial charge >= 0.3 is 0 Å². The number of aromatic amines is 1. The number of aliphatic hydroxyl groups is 2. The highest BCUT2D eigenvalue weighted by molar-refractivity contribution is 5.94. The Labute approximate surface area is 232 Å². The summed E-state index contributed by atoms with van der Waals surface area (Å²) in [6.45, 7) is -0.590. The Morgan fingerprint density at radius 1 is 1.07 bits per heavy atom. The molecule has 0 aliphatic rings. The predicted octanol–water partition coefficient (Wildman–Crippen LogP) is 3.38. The van der Waals surface area contributed by atoms with Crippen LogP contribution in [0.5, 0.6) is 5.75 Å². The molecule has 0 bridgehead atoms. The lowest BCUT2D eigenvalue weighted by molar-refractivity contribution is 0.0536. The Morgan fingerprint density at radius 3 is 2.73 bits per heavy atom. The summed E-state index contributed by atoms with van der Waals surface area (Å²) in [5, 5.41) is 22.5. The smallest absolute Gasteiger partial charge is 0.263 e. The van der Waals surface area contributed by atoms with Crippen LogP contribution in [0.3, 0.4) is 0 Å². The van der Waals surface area contributed by atoms with E-state index in [1.807, 2.05) is 18.2 Å². The second kappa shape index (κ2) is 12.1. The van der Waals surface area contributed by atoms with Crippen LogP contribution in [0, 0.1) is 11.6 Å². The Hall–Kier alpha value is -4.87. The van der Waals surface area contributed by atoms with Gasteiger partial charge in [-0.1, -0.05) is 6.07 Å². The van der Waals surface area contributed by atoms with Crippen molar-refractivity contribution in [2.45, 2.75) is 19.2 Å². The van der Waals surface area contributed by atoms with Gasteiger partial charge in [0.25, 0.3) is 11.5 Å². The van der Waals surface area contributed by atoms with Gasteiger partial charge in [0.1, 0.15) is 29.7 Å². The third kappa shape index (κ3) is 6.32. The van der Waals surface area contributed by atoms with Gasteiger partial charge < -0.3 is 29.8 Å². The lowest BCUT2D eigenvalue weighted by Gasteiger charge is -2.14. The fourth-order valence-electron chi connectivity index (χ4n) is 4.39. The van der Waals surface area contributed by atoms with Crippen molar-refractivity contribution < 1.29 is 28.5 Å². The number of nitrogens with zero attached hydrogens (tertiary/aromatic N) is 2. The average molecular weight is 561 g/mol. The highest BCUT2D eigenvalue weighted by Gasteiger charge is 2.15. The normalized spacial score (nSPS) is 11.9. The molecule has 0 fully saturated rings. The molecule has 1 unspecified atom stereocenters. The SMILES string of the molecule is O=C(NCc1cc(OCC(O)CO)cc(-c2c[nH]c3ncccc23)c1)c1cccn(Cc2ccc(F)c(F)c2)c1=O. The molecule has 4 N–H and O–H groups in total. The summed E-state index contributed by atoms with van der Waals surface area (Å²) < 4.78 is 33.8. The fraction of sp³-hybridized carbons (Fsp3) is 0.167. The monoisotopic (exact) mass is 560 g/mol. The van der Waals surface area contributed by atoms with Crippen molar-refractivity contribution in [2.24, 2.45) is 0 Å². The number of H-pyrrole nitrogens is 1. The van der Waals surface area contributed by atoms with Gasteiger partial charge in [0.05, 0.1) is 13.2 Å². The number of aliphatic hydroxyl groups excluding tert-OH is 2. The minimum absolute atomic E-state index is 0.0426. The van der Waals surface area contributed by atoms with Crippen molar-refractivity contribution in [2.75, 3.05) is 13.2 Å². The molecule has 3 heterocycles. The number of amides is 1. The summed E-state index contributed by atoms with van der Waals surface area (Å²) in [4.78, 5) is 33.5. The van der Waals surface area contributed by atoms with E-state index < -0.39 is 35.8 Å². The van der Waals surface area contributed by atoms with E-state index in [1.165, 1.54) is 29.0 Å². The molecule has 0 saturated heterocycles. The molecular formula is C30H26F2N4O5. The second-order valence-electron chi connectivity index (χ2n) is 9.40. The number of aromatic nitrogens is 3. The van der Waals surface area contributed by atoms with Crippen molar-refractivity contribution >= 4 is 16.9 Å². The number of carbonyl (C=O) groups is 1. The Morgan fingerprint density at radius 2 is 1.93 bits per heavy atom. The van der Waals surface area contributed by atoms with Crippen LogP contribution in [0.1, 0.15) is 21.5 Å². The van der Waals surface area contributed by atoms with Crippen molar-refractivity contribution in [3.63, 3.8) is 0 Å². The predicted molar refractivity (Wildman–Crippen MR) is 147 cm³/mol. The molecule has 0 radical (unpaired) electrons. The molecule has 0 aliphatic carbocycles. The minimum Gasteiger partial charge on any atom is -0.491 e. The lowest BCUT2D eigenvalue weighted by atomic mass is 10.0. The molecule has 9 nitrogen and oxygen atoms in total. The first kappa shape index (κ1) is 27.7. The first-order valence-corrected chi connectivity index (χ1v) is 12.7. The first-order chi connectivity index (χ1) is 19.8. The van der Waals surface area contributed by atoms with Crippen molar-refractivity contribution in [1.82, 2.24) is 19.9 Å². The number of pyridine rings is 2. The first-order valence-electron chi connectivity index (χ1n) is 12.7. The standard InChI is InChI=1S/C30H26F2N4O5/c31-26-6-5-18(11-27(26)32)15-36-8-2-4-24(30(36)40)29(39)35-13-19-9-20(12-22(10-19)41-17-21(38)16-37)25-14-34-28-23(25)3-1-7-33-28/h1-12,14,21,37-38H,13,15-17H2,(H,33,34)(H,35,39). The Balaban J connectivity index is 1.38. The largest absolute Gasteiger partial charge is 0.491 e. The maximum absolute atomic E-state index is 13.6. The zero-order valence-electron chi connectivity index (χ0n) is 21.7. The maximum atomic E-state index is 13.6. The summed E-state index contributed by atoms with van der Waals surface area (Å²) >= 11 is 0. The molecule has 0 saturated carbocycles. The number of carbonyl (C=O) groups excluding carboxylic acids is 1. The Kier molecular flexibility index (Phi) is 8.18. The van der Waals surface area contributed by atoms with Gasteiger partial charge in [-0.3, -0.25) is 9.59 Å². The molecular weight excluding hydrogens is 534 g/mol. The molecule has 1 amide bonds. The molecule has 41 heavy (non-hydrogen) atoms. The molecule has 5 aromatic rings. The van der Waals surface area contributed by atoms with Crippen LogP contribution in [0.25, 0.3) is 22.2 Å². The van der Waals surface area contributed by atoms with E-state index in [0.717, 1.165) is 28.6 Å². The van der Waals surface area contributed by atoms with E-state index in [0.29, 0.717) is 22.5 Å². The zero-order chi connectivity index (χ0) is 28.9. The van der Waals surface area contributed by atoms with Gasteiger partial charge in [0.15, 0.2) is 11.6 Å². The van der Waals surface area contributed by atoms with Crippen LogP contribution in [-0.4, -0.2) is 50.0 Å². The number of ether oxygens (including phenoxy) is 1. The van der Waals surface area contributed by atoms with Gasteiger partial charge in [-0.05, 0) is 71.3 Å². The minimum atomic E-state index is -1.06. The van der Waals surface area contributed by atoms with Crippen LogP contribution in [-0.2, 0) is 13.1 Å². The van der Waals surface area contributed by atoms with E-state index >= 15 is 0 Å². The van der Waals surface area contributed by atoms with Gasteiger partial charge in [-0.15, -0.1) is 0 Å². The molecule has 0 aliphatic heterocycles. The maximum Gasteiger partial charge on any atom is 0.263 e. The number of hydrogen-bond donors (Lipinski definition) is 4. The van der Waals surface area contributed by atoms with Crippen LogP contribution >= 0.6 is 0 Å². The van der Waals surface area contributed by atoms with Crippen LogP contribution < -0.4 is 15.6 Å². The Bertz CT molecular complexity index is 1770. The third-order valence-electron chi connectivity index (χ3n) is 6.44. The highest BCUT2D eigenvalue weighted by atomic mass is 19.2. The second-order valence-corrected chi connectivity index (χ2v) is 9.40. The number of rotatable bonds is 10. The van der Waals surface area contributed by atoms with Crippen molar-refractivity contribution in [1.29, 1.82) is 0 Å². The topological polar surface area (TPSA) is 129 Å². The summed E-state index contributed by atoms with van der Waals surface area (Å²) in [6, 6.07) is 15.3. The van der Waals surface area contributed by atoms with E-state index in [2.05, 4.69) is 15.3 Å². The number of fused-ring (bicyclic) bond motifs is 1. The van der Waals surface area contributed by atoms with Crippen LogP contribution in [0.2, 0.25) is 0 Å². The number of hydrogen-bond acceptors (Lipinski definition) is 6. The summed E-state index contributed by atoms with van der Waals surface area (Å²) in [5.41, 5.74) is 2.62. The van der Waals surface area contributed by atoms with E-state index in [1.54, 1.807) is 24.5 Å². The fourth-order valence-corrected chi connectivity index (χ4v) is 4.39. The molecule has 2 aromatic carbocycles. The van der Waals surface area contributed by atoms with Gasteiger partial charge in [-0.25, -0.2) is 13.8 Å².